The molecule has 2 aromatic heterocycles. The van der Waals surface area contributed by atoms with Gasteiger partial charge >= 0.3 is 0 Å². The number of fused-ring (bicyclic) bond motifs is 1. The quantitative estimate of drug-likeness (QED) is 0.741. The number of rotatable bonds is 4. The number of aryl methyl sites for hydroxylation is 1. The van der Waals surface area contributed by atoms with Gasteiger partial charge in [0.05, 0.1) is 23.6 Å². The van der Waals surface area contributed by atoms with Crippen molar-refractivity contribution in [3.8, 4) is 0 Å². The highest BCUT2D eigenvalue weighted by Gasteiger charge is 2.15. The second kappa shape index (κ2) is 5.00. The van der Waals surface area contributed by atoms with Gasteiger partial charge < -0.3 is 10.3 Å². The molecule has 3 aromatic rings. The lowest BCUT2D eigenvalue weighted by molar-refractivity contribution is 0.435. The minimum absolute atomic E-state index is 0.290. The first-order chi connectivity index (χ1) is 9.69. The van der Waals surface area contributed by atoms with E-state index in [-0.39, 0.29) is 0 Å². The minimum Gasteiger partial charge on any atom is -0.399 e. The Morgan fingerprint density at radius 3 is 2.90 bits per heavy atom. The van der Waals surface area contributed by atoms with Crippen molar-refractivity contribution in [1.29, 1.82) is 0 Å². The fourth-order valence-electron chi connectivity index (χ4n) is 2.67. The van der Waals surface area contributed by atoms with Gasteiger partial charge in [-0.05, 0) is 31.2 Å². The van der Waals surface area contributed by atoms with Gasteiger partial charge in [0, 0.05) is 24.5 Å². The molecule has 0 amide bonds. The molecule has 2 heterocycles. The second-order valence-electron chi connectivity index (χ2n) is 5.08. The highest BCUT2D eigenvalue weighted by Crippen LogP contribution is 2.24. The van der Waals surface area contributed by atoms with Crippen LogP contribution in [0.5, 0.6) is 0 Å². The summed E-state index contributed by atoms with van der Waals surface area (Å²) >= 11 is 0. The van der Waals surface area contributed by atoms with E-state index in [1.54, 1.807) is 6.20 Å². The monoisotopic (exact) mass is 269 g/mol. The van der Waals surface area contributed by atoms with Crippen molar-refractivity contribution in [3.63, 3.8) is 0 Å². The predicted octanol–water partition coefficient (Wildman–Crippen LogP) is 2.64. The van der Waals surface area contributed by atoms with E-state index in [9.17, 15) is 0 Å². The Bertz CT molecular complexity index is 711. The van der Waals surface area contributed by atoms with Crippen molar-refractivity contribution in [2.24, 2.45) is 0 Å². The van der Waals surface area contributed by atoms with Gasteiger partial charge in [-0.3, -0.25) is 4.68 Å². The smallest absolute Gasteiger partial charge is 0.109 e. The summed E-state index contributed by atoms with van der Waals surface area (Å²) in [5.41, 5.74) is 8.70. The lowest BCUT2D eigenvalue weighted by atomic mass is 10.2. The first-order valence-corrected chi connectivity index (χ1v) is 6.92. The van der Waals surface area contributed by atoms with E-state index in [0.717, 1.165) is 35.5 Å². The molecule has 2 N–H and O–H groups in total. The molecule has 5 heteroatoms. The van der Waals surface area contributed by atoms with Crippen LogP contribution in [0.2, 0.25) is 0 Å². The Hall–Kier alpha value is -2.30. The van der Waals surface area contributed by atoms with Crippen LogP contribution in [-0.4, -0.2) is 19.3 Å². The zero-order chi connectivity index (χ0) is 14.1. The number of benzene rings is 1. The van der Waals surface area contributed by atoms with E-state index in [0.29, 0.717) is 6.04 Å². The number of imidazole rings is 1. The zero-order valence-corrected chi connectivity index (χ0v) is 11.8. The lowest BCUT2D eigenvalue weighted by Crippen LogP contribution is -2.15. The van der Waals surface area contributed by atoms with Crippen LogP contribution in [0.3, 0.4) is 0 Å². The SMILES string of the molecule is CCc1nc2cc(N)ccc2n1C(C)Cn1cccn1. The summed E-state index contributed by atoms with van der Waals surface area (Å²) in [7, 11) is 0. The lowest BCUT2D eigenvalue weighted by Gasteiger charge is -2.17. The number of aromatic nitrogens is 4. The normalized spacial score (nSPS) is 12.9. The number of nitrogen functional groups attached to an aromatic ring is 1. The van der Waals surface area contributed by atoms with Gasteiger partial charge in [0.15, 0.2) is 0 Å². The number of hydrogen-bond acceptors (Lipinski definition) is 3. The molecule has 0 saturated carbocycles. The molecule has 20 heavy (non-hydrogen) atoms. The molecule has 0 aliphatic heterocycles. The van der Waals surface area contributed by atoms with Crippen LogP contribution in [0.25, 0.3) is 11.0 Å². The molecule has 5 nitrogen and oxygen atoms in total. The van der Waals surface area contributed by atoms with Crippen molar-refractivity contribution in [3.05, 3.63) is 42.5 Å². The molecule has 0 fully saturated rings. The third kappa shape index (κ3) is 2.15. The number of nitrogens with two attached hydrogens (primary N) is 1. The minimum atomic E-state index is 0.290. The average molecular weight is 269 g/mol. The molecule has 104 valence electrons. The van der Waals surface area contributed by atoms with Crippen molar-refractivity contribution in [1.82, 2.24) is 19.3 Å². The number of anilines is 1. The maximum atomic E-state index is 5.85. The highest BCUT2D eigenvalue weighted by atomic mass is 15.3. The summed E-state index contributed by atoms with van der Waals surface area (Å²) < 4.78 is 4.24. The highest BCUT2D eigenvalue weighted by molar-refractivity contribution is 5.79. The van der Waals surface area contributed by atoms with E-state index in [1.807, 2.05) is 29.1 Å². The van der Waals surface area contributed by atoms with Gasteiger partial charge in [-0.1, -0.05) is 6.92 Å². The molecule has 3 rings (SSSR count). The van der Waals surface area contributed by atoms with Crippen LogP contribution in [0.4, 0.5) is 5.69 Å². The molecular formula is C15H19N5. The van der Waals surface area contributed by atoms with Crippen LogP contribution in [-0.2, 0) is 13.0 Å². The summed E-state index contributed by atoms with van der Waals surface area (Å²) in [6.45, 7) is 5.15. The molecule has 0 bridgehead atoms. The molecule has 0 aliphatic rings. The van der Waals surface area contributed by atoms with E-state index in [2.05, 4.69) is 29.6 Å². The number of hydrogen-bond donors (Lipinski definition) is 1. The second-order valence-corrected chi connectivity index (χ2v) is 5.08. The van der Waals surface area contributed by atoms with Gasteiger partial charge in [0.2, 0.25) is 0 Å². The first-order valence-electron chi connectivity index (χ1n) is 6.92. The van der Waals surface area contributed by atoms with Crippen molar-refractivity contribution in [2.45, 2.75) is 32.9 Å². The van der Waals surface area contributed by atoms with Crippen molar-refractivity contribution in [2.75, 3.05) is 5.73 Å². The molecule has 1 unspecified atom stereocenters. The topological polar surface area (TPSA) is 61.7 Å². The van der Waals surface area contributed by atoms with E-state index in [1.165, 1.54) is 0 Å². The molecule has 0 radical (unpaired) electrons. The Labute approximate surface area is 118 Å². The summed E-state index contributed by atoms with van der Waals surface area (Å²) in [6.07, 6.45) is 4.69. The summed E-state index contributed by atoms with van der Waals surface area (Å²) in [5, 5.41) is 4.28. The molecule has 1 atom stereocenters. The molecule has 0 spiro atoms. The largest absolute Gasteiger partial charge is 0.399 e. The maximum Gasteiger partial charge on any atom is 0.109 e. The standard InChI is InChI=1S/C15H19N5/c1-3-15-18-13-9-12(16)5-6-14(13)20(15)11(2)10-19-8-4-7-17-19/h4-9,11H,3,10,16H2,1-2H3. The Morgan fingerprint density at radius 1 is 1.35 bits per heavy atom. The van der Waals surface area contributed by atoms with E-state index >= 15 is 0 Å². The Kier molecular flexibility index (Phi) is 3.18. The first kappa shape index (κ1) is 12.7. The van der Waals surface area contributed by atoms with Gasteiger partial charge in [-0.15, -0.1) is 0 Å². The van der Waals surface area contributed by atoms with Gasteiger partial charge in [-0.2, -0.15) is 5.10 Å². The molecular weight excluding hydrogens is 250 g/mol. The van der Waals surface area contributed by atoms with Crippen molar-refractivity contribution < 1.29 is 0 Å². The summed E-state index contributed by atoms with van der Waals surface area (Å²) in [6, 6.07) is 8.15. The van der Waals surface area contributed by atoms with Crippen LogP contribution >= 0.6 is 0 Å². The molecule has 0 saturated heterocycles. The summed E-state index contributed by atoms with van der Waals surface area (Å²) in [5.74, 6) is 1.09. The zero-order valence-electron chi connectivity index (χ0n) is 11.8. The molecule has 0 aliphatic carbocycles. The van der Waals surface area contributed by atoms with E-state index < -0.39 is 0 Å². The van der Waals surface area contributed by atoms with Gasteiger partial charge in [-0.25, -0.2) is 4.98 Å². The third-order valence-corrected chi connectivity index (χ3v) is 3.55. The Balaban J connectivity index is 2.04. The summed E-state index contributed by atoms with van der Waals surface area (Å²) in [4.78, 5) is 4.70. The van der Waals surface area contributed by atoms with E-state index in [4.69, 9.17) is 10.7 Å². The Morgan fingerprint density at radius 2 is 2.20 bits per heavy atom. The molecule has 1 aromatic carbocycles. The van der Waals surface area contributed by atoms with Gasteiger partial charge in [0.25, 0.3) is 0 Å². The average Bonchev–Trinajstić information content (AvgIpc) is 3.04. The third-order valence-electron chi connectivity index (χ3n) is 3.55. The van der Waals surface area contributed by atoms with Crippen LogP contribution in [0, 0.1) is 0 Å². The predicted molar refractivity (Wildman–Crippen MR) is 80.5 cm³/mol. The van der Waals surface area contributed by atoms with Crippen LogP contribution < -0.4 is 5.73 Å². The fraction of sp³-hybridized carbons (Fsp3) is 0.333. The van der Waals surface area contributed by atoms with Crippen LogP contribution in [0.15, 0.2) is 36.7 Å². The van der Waals surface area contributed by atoms with Crippen LogP contribution in [0.1, 0.15) is 25.7 Å². The number of nitrogens with zero attached hydrogens (tertiary/aromatic N) is 4. The maximum absolute atomic E-state index is 5.85. The van der Waals surface area contributed by atoms with Gasteiger partial charge in [0.1, 0.15) is 5.82 Å². The fourth-order valence-corrected chi connectivity index (χ4v) is 2.67. The van der Waals surface area contributed by atoms with Crippen molar-refractivity contribution >= 4 is 16.7 Å².